The molecule has 22 heavy (non-hydrogen) atoms. The van der Waals surface area contributed by atoms with Crippen LogP contribution in [0.2, 0.25) is 5.02 Å². The molecule has 1 amide bonds. The Kier molecular flexibility index (Phi) is 4.20. The molecule has 2 heterocycles. The molecule has 1 aromatic heterocycles. The average molecular weight is 314 g/mol. The zero-order chi connectivity index (χ0) is 15.5. The number of hydrogen-bond donors (Lipinski definition) is 0. The highest BCUT2D eigenvalue weighted by Gasteiger charge is 2.36. The number of halogens is 1. The number of amides is 1. The fourth-order valence-electron chi connectivity index (χ4n) is 2.58. The van der Waals surface area contributed by atoms with E-state index in [1.54, 1.807) is 36.7 Å². The van der Waals surface area contributed by atoms with E-state index < -0.39 is 0 Å². The van der Waals surface area contributed by atoms with E-state index in [0.29, 0.717) is 5.02 Å². The van der Waals surface area contributed by atoms with Gasteiger partial charge in [0.15, 0.2) is 0 Å². The predicted octanol–water partition coefficient (Wildman–Crippen LogP) is 3.90. The van der Waals surface area contributed by atoms with Gasteiger partial charge in [-0.3, -0.25) is 9.78 Å². The van der Waals surface area contributed by atoms with Crippen molar-refractivity contribution in [2.24, 2.45) is 11.0 Å². The Hall–Kier alpha value is -2.20. The van der Waals surface area contributed by atoms with Gasteiger partial charge in [0, 0.05) is 23.0 Å². The molecule has 3 rings (SSSR count). The van der Waals surface area contributed by atoms with Crippen LogP contribution in [-0.2, 0) is 4.79 Å². The zero-order valence-corrected chi connectivity index (χ0v) is 13.0. The summed E-state index contributed by atoms with van der Waals surface area (Å²) in [6, 6.07) is 10.9. The van der Waals surface area contributed by atoms with Crippen molar-refractivity contribution in [2.45, 2.75) is 19.8 Å². The predicted molar refractivity (Wildman–Crippen MR) is 88.1 cm³/mol. The summed E-state index contributed by atoms with van der Waals surface area (Å²) in [7, 11) is 0. The maximum atomic E-state index is 12.7. The van der Waals surface area contributed by atoms with Gasteiger partial charge in [0.2, 0.25) is 0 Å². The fourth-order valence-corrected chi connectivity index (χ4v) is 2.71. The molecular weight excluding hydrogens is 298 g/mol. The van der Waals surface area contributed by atoms with Gasteiger partial charge >= 0.3 is 0 Å². The van der Waals surface area contributed by atoms with Gasteiger partial charge in [-0.1, -0.05) is 24.9 Å². The molecule has 2 aromatic rings. The molecule has 1 aromatic carbocycles. The molecule has 0 spiro atoms. The average Bonchev–Trinajstić information content (AvgIpc) is 2.87. The first-order valence-electron chi connectivity index (χ1n) is 7.29. The molecular formula is C17H16ClN3O. The minimum atomic E-state index is -0.218. The Morgan fingerprint density at radius 3 is 2.64 bits per heavy atom. The number of anilines is 1. The smallest absolute Gasteiger partial charge is 0.256 e. The topological polar surface area (TPSA) is 45.6 Å². The van der Waals surface area contributed by atoms with Crippen molar-refractivity contribution in [3.05, 3.63) is 59.4 Å². The lowest BCUT2D eigenvalue weighted by atomic mass is 9.93. The van der Waals surface area contributed by atoms with Crippen LogP contribution >= 0.6 is 11.6 Å². The van der Waals surface area contributed by atoms with Crippen molar-refractivity contribution >= 4 is 28.9 Å². The second kappa shape index (κ2) is 6.28. The van der Waals surface area contributed by atoms with E-state index in [1.165, 1.54) is 5.01 Å². The SMILES string of the molecule is CCCC1C(=O)N(c2ccc(Cl)cc2)N=C1c1cccnc1. The van der Waals surface area contributed by atoms with Gasteiger partial charge in [0.25, 0.3) is 5.91 Å². The first-order valence-corrected chi connectivity index (χ1v) is 7.67. The van der Waals surface area contributed by atoms with Crippen molar-refractivity contribution in [3.63, 3.8) is 0 Å². The van der Waals surface area contributed by atoms with Gasteiger partial charge in [-0.25, -0.2) is 0 Å². The minimum absolute atomic E-state index is 0.00280. The van der Waals surface area contributed by atoms with Crippen LogP contribution in [0.3, 0.4) is 0 Å². The summed E-state index contributed by atoms with van der Waals surface area (Å²) in [5.74, 6) is -0.215. The molecule has 1 atom stereocenters. The van der Waals surface area contributed by atoms with Crippen LogP contribution in [0.1, 0.15) is 25.3 Å². The number of aromatic nitrogens is 1. The minimum Gasteiger partial charge on any atom is -0.272 e. The molecule has 4 nitrogen and oxygen atoms in total. The van der Waals surface area contributed by atoms with E-state index in [0.717, 1.165) is 29.8 Å². The molecule has 1 aliphatic heterocycles. The van der Waals surface area contributed by atoms with Crippen LogP contribution in [0.25, 0.3) is 0 Å². The van der Waals surface area contributed by atoms with Crippen molar-refractivity contribution in [1.29, 1.82) is 0 Å². The second-order valence-corrected chi connectivity index (χ2v) is 5.63. The number of carbonyl (C=O) groups excluding carboxylic acids is 1. The lowest BCUT2D eigenvalue weighted by molar-refractivity contribution is -0.119. The Balaban J connectivity index is 2.00. The van der Waals surface area contributed by atoms with Crippen molar-refractivity contribution in [3.8, 4) is 0 Å². The van der Waals surface area contributed by atoms with Crippen molar-refractivity contribution in [1.82, 2.24) is 4.98 Å². The van der Waals surface area contributed by atoms with Gasteiger partial charge in [-0.05, 0) is 42.8 Å². The van der Waals surface area contributed by atoms with E-state index in [1.807, 2.05) is 12.1 Å². The third kappa shape index (κ3) is 2.74. The first kappa shape index (κ1) is 14.7. The van der Waals surface area contributed by atoms with Gasteiger partial charge in [-0.2, -0.15) is 10.1 Å². The zero-order valence-electron chi connectivity index (χ0n) is 12.2. The van der Waals surface area contributed by atoms with E-state index in [2.05, 4.69) is 17.0 Å². The summed E-state index contributed by atoms with van der Waals surface area (Å²) in [5, 5.41) is 6.66. The number of hydrazone groups is 1. The number of nitrogens with zero attached hydrogens (tertiary/aromatic N) is 3. The van der Waals surface area contributed by atoms with E-state index in [-0.39, 0.29) is 11.8 Å². The van der Waals surface area contributed by atoms with Crippen LogP contribution in [-0.4, -0.2) is 16.6 Å². The Bertz CT molecular complexity index is 698. The molecule has 0 N–H and O–H groups in total. The summed E-state index contributed by atoms with van der Waals surface area (Å²) in [4.78, 5) is 16.9. The quantitative estimate of drug-likeness (QED) is 0.859. The third-order valence-corrected chi connectivity index (χ3v) is 3.90. The van der Waals surface area contributed by atoms with Gasteiger partial charge < -0.3 is 0 Å². The first-order chi connectivity index (χ1) is 10.7. The Morgan fingerprint density at radius 1 is 1.23 bits per heavy atom. The molecule has 0 bridgehead atoms. The van der Waals surface area contributed by atoms with E-state index in [4.69, 9.17) is 11.6 Å². The van der Waals surface area contributed by atoms with Crippen LogP contribution in [0.15, 0.2) is 53.9 Å². The summed E-state index contributed by atoms with van der Waals surface area (Å²) in [6.45, 7) is 2.07. The molecule has 0 saturated heterocycles. The summed E-state index contributed by atoms with van der Waals surface area (Å²) < 4.78 is 0. The highest BCUT2D eigenvalue weighted by Crippen LogP contribution is 2.29. The fraction of sp³-hybridized carbons (Fsp3) is 0.235. The highest BCUT2D eigenvalue weighted by molar-refractivity contribution is 6.30. The number of pyridine rings is 1. The lowest BCUT2D eigenvalue weighted by Gasteiger charge is -2.14. The van der Waals surface area contributed by atoms with Gasteiger partial charge in [0.05, 0.1) is 17.3 Å². The molecule has 1 unspecified atom stereocenters. The normalized spacial score (nSPS) is 17.7. The van der Waals surface area contributed by atoms with Gasteiger partial charge in [0.1, 0.15) is 0 Å². The Morgan fingerprint density at radius 2 is 2.00 bits per heavy atom. The molecule has 0 fully saturated rings. The summed E-state index contributed by atoms with van der Waals surface area (Å²) in [6.07, 6.45) is 5.16. The Labute approximate surface area is 134 Å². The summed E-state index contributed by atoms with van der Waals surface area (Å²) in [5.41, 5.74) is 2.41. The van der Waals surface area contributed by atoms with Crippen molar-refractivity contribution < 1.29 is 4.79 Å². The van der Waals surface area contributed by atoms with Crippen LogP contribution in [0, 0.1) is 5.92 Å². The maximum absolute atomic E-state index is 12.7. The number of carbonyl (C=O) groups is 1. The van der Waals surface area contributed by atoms with E-state index >= 15 is 0 Å². The molecule has 0 aliphatic carbocycles. The summed E-state index contributed by atoms with van der Waals surface area (Å²) >= 11 is 5.91. The molecule has 0 radical (unpaired) electrons. The number of rotatable bonds is 4. The molecule has 1 aliphatic rings. The number of hydrogen-bond acceptors (Lipinski definition) is 3. The largest absolute Gasteiger partial charge is 0.272 e. The number of benzene rings is 1. The van der Waals surface area contributed by atoms with Gasteiger partial charge in [-0.15, -0.1) is 0 Å². The monoisotopic (exact) mass is 313 g/mol. The molecule has 5 heteroatoms. The standard InChI is InChI=1S/C17H16ClN3O/c1-2-4-15-16(12-5-3-10-19-11-12)20-21(17(15)22)14-8-6-13(18)7-9-14/h3,5-11,15H,2,4H2,1H3. The van der Waals surface area contributed by atoms with Crippen molar-refractivity contribution in [2.75, 3.05) is 5.01 Å². The maximum Gasteiger partial charge on any atom is 0.256 e. The second-order valence-electron chi connectivity index (χ2n) is 5.19. The lowest BCUT2D eigenvalue weighted by Crippen LogP contribution is -2.27. The van der Waals surface area contributed by atoms with Crippen LogP contribution in [0.5, 0.6) is 0 Å². The highest BCUT2D eigenvalue weighted by atomic mass is 35.5. The molecule has 0 saturated carbocycles. The van der Waals surface area contributed by atoms with E-state index in [9.17, 15) is 4.79 Å². The van der Waals surface area contributed by atoms with Crippen LogP contribution in [0.4, 0.5) is 5.69 Å². The third-order valence-electron chi connectivity index (χ3n) is 3.65. The van der Waals surface area contributed by atoms with Crippen LogP contribution < -0.4 is 5.01 Å². The molecule has 112 valence electrons.